The smallest absolute Gasteiger partial charge is 0.330 e. The minimum atomic E-state index is -0.341. The molecule has 0 unspecified atom stereocenters. The van der Waals surface area contributed by atoms with Crippen LogP contribution in [0.4, 0.5) is 0 Å². The summed E-state index contributed by atoms with van der Waals surface area (Å²) in [5.74, 6) is 2.21. The van der Waals surface area contributed by atoms with E-state index in [-0.39, 0.29) is 5.97 Å². The molecule has 0 N–H and O–H groups in total. The third-order valence-corrected chi connectivity index (χ3v) is 5.66. The normalized spacial score (nSPS) is 19.9. The van der Waals surface area contributed by atoms with Crippen LogP contribution < -0.4 is 4.74 Å². The van der Waals surface area contributed by atoms with Crippen LogP contribution in [0.3, 0.4) is 0 Å². The van der Waals surface area contributed by atoms with E-state index in [1.165, 1.54) is 77.4 Å². The molecule has 2 rings (SSSR count). The Morgan fingerprint density at radius 1 is 1.00 bits per heavy atom. The molecule has 0 bridgehead atoms. The molecule has 3 nitrogen and oxygen atoms in total. The SMILES string of the molecule is CCCCCCC[C@H]1CC[C@H](COc2ccc(C=CC(=O)OC)cc2)CC1. The van der Waals surface area contributed by atoms with Crippen molar-refractivity contribution in [1.29, 1.82) is 0 Å². The molecule has 150 valence electrons. The van der Waals surface area contributed by atoms with E-state index in [0.717, 1.165) is 23.8 Å². The molecule has 3 heteroatoms. The Morgan fingerprint density at radius 3 is 2.33 bits per heavy atom. The zero-order valence-electron chi connectivity index (χ0n) is 17.1. The maximum atomic E-state index is 11.1. The van der Waals surface area contributed by atoms with Gasteiger partial charge in [-0.05, 0) is 48.4 Å². The van der Waals surface area contributed by atoms with E-state index in [1.54, 1.807) is 6.08 Å². The van der Waals surface area contributed by atoms with Gasteiger partial charge >= 0.3 is 5.97 Å². The maximum Gasteiger partial charge on any atom is 0.330 e. The van der Waals surface area contributed by atoms with Crippen LogP contribution in [0, 0.1) is 11.8 Å². The Hall–Kier alpha value is -1.77. The van der Waals surface area contributed by atoms with Crippen LogP contribution >= 0.6 is 0 Å². The van der Waals surface area contributed by atoms with Crippen molar-refractivity contribution in [1.82, 2.24) is 0 Å². The molecular formula is C24H36O3. The van der Waals surface area contributed by atoms with Gasteiger partial charge in [0.05, 0.1) is 13.7 Å². The van der Waals surface area contributed by atoms with Gasteiger partial charge in [-0.3, -0.25) is 0 Å². The fourth-order valence-electron chi connectivity index (χ4n) is 3.84. The minimum Gasteiger partial charge on any atom is -0.493 e. The number of carbonyl (C=O) groups is 1. The van der Waals surface area contributed by atoms with Gasteiger partial charge in [-0.25, -0.2) is 4.79 Å². The average Bonchev–Trinajstić information content (AvgIpc) is 2.72. The van der Waals surface area contributed by atoms with Crippen molar-refractivity contribution in [3.05, 3.63) is 35.9 Å². The van der Waals surface area contributed by atoms with Gasteiger partial charge in [0, 0.05) is 6.08 Å². The highest BCUT2D eigenvalue weighted by molar-refractivity contribution is 5.86. The molecule has 27 heavy (non-hydrogen) atoms. The summed E-state index contributed by atoms with van der Waals surface area (Å²) in [6.45, 7) is 3.10. The molecule has 1 aliphatic rings. The van der Waals surface area contributed by atoms with Gasteiger partial charge in [0.15, 0.2) is 0 Å². The quantitative estimate of drug-likeness (QED) is 0.255. The van der Waals surface area contributed by atoms with Crippen LogP contribution in [0.1, 0.15) is 76.7 Å². The van der Waals surface area contributed by atoms with Gasteiger partial charge in [0.1, 0.15) is 5.75 Å². The summed E-state index contributed by atoms with van der Waals surface area (Å²) in [5.41, 5.74) is 0.965. The van der Waals surface area contributed by atoms with Gasteiger partial charge in [-0.1, -0.05) is 70.4 Å². The molecule has 0 aliphatic heterocycles. The first-order valence-corrected chi connectivity index (χ1v) is 10.7. The van der Waals surface area contributed by atoms with Crippen molar-refractivity contribution in [2.75, 3.05) is 13.7 Å². The lowest BCUT2D eigenvalue weighted by Crippen LogP contribution is -2.20. The Labute approximate surface area is 165 Å². The Balaban J connectivity index is 1.62. The Bertz CT molecular complexity index is 553. The van der Waals surface area contributed by atoms with Crippen LogP contribution in [0.2, 0.25) is 0 Å². The van der Waals surface area contributed by atoms with Crippen LogP contribution in [0.25, 0.3) is 6.08 Å². The van der Waals surface area contributed by atoms with Gasteiger partial charge < -0.3 is 9.47 Å². The van der Waals surface area contributed by atoms with Crippen LogP contribution in [0.15, 0.2) is 30.3 Å². The van der Waals surface area contributed by atoms with Gasteiger partial charge in [-0.2, -0.15) is 0 Å². The number of hydrogen-bond donors (Lipinski definition) is 0. The van der Waals surface area contributed by atoms with Gasteiger partial charge in [-0.15, -0.1) is 0 Å². The molecular weight excluding hydrogens is 336 g/mol. The largest absolute Gasteiger partial charge is 0.493 e. The van der Waals surface area contributed by atoms with Crippen molar-refractivity contribution in [2.24, 2.45) is 11.8 Å². The third kappa shape index (κ3) is 8.64. The lowest BCUT2D eigenvalue weighted by molar-refractivity contribution is -0.134. The summed E-state index contributed by atoms with van der Waals surface area (Å²) in [7, 11) is 1.38. The summed E-state index contributed by atoms with van der Waals surface area (Å²) < 4.78 is 10.6. The zero-order valence-corrected chi connectivity index (χ0v) is 17.1. The molecule has 0 spiro atoms. The molecule has 1 saturated carbocycles. The molecule has 1 aliphatic carbocycles. The van der Waals surface area contributed by atoms with E-state index in [0.29, 0.717) is 5.92 Å². The van der Waals surface area contributed by atoms with Crippen LogP contribution in [-0.2, 0) is 9.53 Å². The summed E-state index contributed by atoms with van der Waals surface area (Å²) in [5, 5.41) is 0. The Morgan fingerprint density at radius 2 is 1.67 bits per heavy atom. The standard InChI is InChI=1S/C24H36O3/c1-3-4-5-6-7-8-20-9-11-22(12-10-20)19-27-23-16-13-21(14-17-23)15-18-24(25)26-2/h13-18,20,22H,3-12,19H2,1-2H3/t20-,22-. The molecule has 1 aromatic rings. The first-order chi connectivity index (χ1) is 13.2. The first kappa shape index (κ1) is 21.5. The van der Waals surface area contributed by atoms with E-state index in [9.17, 15) is 4.79 Å². The van der Waals surface area contributed by atoms with Crippen molar-refractivity contribution in [2.45, 2.75) is 71.1 Å². The fraction of sp³-hybridized carbons (Fsp3) is 0.625. The van der Waals surface area contributed by atoms with E-state index in [4.69, 9.17) is 4.74 Å². The fourth-order valence-corrected chi connectivity index (χ4v) is 3.84. The number of carbonyl (C=O) groups excluding carboxylic acids is 1. The van der Waals surface area contributed by atoms with Gasteiger partial charge in [0.2, 0.25) is 0 Å². The molecule has 0 heterocycles. The molecule has 0 radical (unpaired) electrons. The number of ether oxygens (including phenoxy) is 2. The highest BCUT2D eigenvalue weighted by atomic mass is 16.5. The minimum absolute atomic E-state index is 0.341. The van der Waals surface area contributed by atoms with Crippen LogP contribution in [-0.4, -0.2) is 19.7 Å². The van der Waals surface area contributed by atoms with Crippen molar-refractivity contribution in [3.63, 3.8) is 0 Å². The highest BCUT2D eigenvalue weighted by Gasteiger charge is 2.21. The molecule has 0 atom stereocenters. The molecule has 0 saturated heterocycles. The summed E-state index contributed by atoms with van der Waals surface area (Å²) >= 11 is 0. The number of esters is 1. The number of unbranched alkanes of at least 4 members (excludes halogenated alkanes) is 4. The second kappa shape index (κ2) is 12.6. The molecule has 1 aromatic carbocycles. The molecule has 0 amide bonds. The van der Waals surface area contributed by atoms with Crippen LogP contribution in [0.5, 0.6) is 5.75 Å². The number of benzene rings is 1. The monoisotopic (exact) mass is 372 g/mol. The zero-order chi connectivity index (χ0) is 19.3. The van der Waals surface area contributed by atoms with E-state index < -0.39 is 0 Å². The number of rotatable bonds is 11. The van der Waals surface area contributed by atoms with Crippen molar-refractivity contribution < 1.29 is 14.3 Å². The molecule has 0 aromatic heterocycles. The van der Waals surface area contributed by atoms with E-state index in [2.05, 4.69) is 11.7 Å². The predicted octanol–water partition coefficient (Wildman–Crippen LogP) is 6.42. The number of hydrogen-bond acceptors (Lipinski definition) is 3. The second-order valence-corrected chi connectivity index (χ2v) is 7.83. The summed E-state index contributed by atoms with van der Waals surface area (Å²) in [6, 6.07) is 7.87. The number of methoxy groups -OCH3 is 1. The molecule has 1 fully saturated rings. The van der Waals surface area contributed by atoms with Crippen molar-refractivity contribution >= 4 is 12.0 Å². The predicted molar refractivity (Wildman–Crippen MR) is 112 cm³/mol. The second-order valence-electron chi connectivity index (χ2n) is 7.83. The van der Waals surface area contributed by atoms with E-state index >= 15 is 0 Å². The Kier molecular flexibility index (Phi) is 10.0. The lowest BCUT2D eigenvalue weighted by Gasteiger charge is -2.28. The van der Waals surface area contributed by atoms with Gasteiger partial charge in [0.25, 0.3) is 0 Å². The summed E-state index contributed by atoms with van der Waals surface area (Å²) in [6.07, 6.45) is 16.9. The average molecular weight is 373 g/mol. The topological polar surface area (TPSA) is 35.5 Å². The van der Waals surface area contributed by atoms with E-state index in [1.807, 2.05) is 24.3 Å². The summed E-state index contributed by atoms with van der Waals surface area (Å²) in [4.78, 5) is 11.1. The lowest BCUT2D eigenvalue weighted by atomic mass is 9.80. The third-order valence-electron chi connectivity index (χ3n) is 5.66. The first-order valence-electron chi connectivity index (χ1n) is 10.7. The maximum absolute atomic E-state index is 11.1. The highest BCUT2D eigenvalue weighted by Crippen LogP contribution is 2.32. The van der Waals surface area contributed by atoms with Crippen molar-refractivity contribution in [3.8, 4) is 5.75 Å².